The van der Waals surface area contributed by atoms with Crippen molar-refractivity contribution in [3.05, 3.63) is 5.82 Å². The number of ether oxygens (including phenoxy) is 1. The Bertz CT molecular complexity index is 279. The minimum Gasteiger partial charge on any atom is -0.383 e. The van der Waals surface area contributed by atoms with Gasteiger partial charge < -0.3 is 10.1 Å². The van der Waals surface area contributed by atoms with Gasteiger partial charge in [-0.05, 0) is 13.8 Å². The Hall–Kier alpha value is -0.590. The first-order valence-electron chi connectivity index (χ1n) is 4.96. The molecule has 1 rings (SSSR count). The van der Waals surface area contributed by atoms with Crippen LogP contribution in [0.3, 0.4) is 0 Å². The lowest BCUT2D eigenvalue weighted by Crippen LogP contribution is -2.31. The van der Waals surface area contributed by atoms with Gasteiger partial charge in [0, 0.05) is 25.4 Å². The topological polar surface area (TPSA) is 62.8 Å². The Labute approximate surface area is 94.4 Å². The standard InChI is InChI=1S/C9H18N4OS/c1-7(6-14-3)10-4-5-15-9-11-8(2)12-13-9/h7,10H,4-6H2,1-3H3,(H,11,12,13). The predicted octanol–water partition coefficient (Wildman–Crippen LogP) is 0.830. The fourth-order valence-electron chi connectivity index (χ4n) is 1.14. The van der Waals surface area contributed by atoms with E-state index in [1.165, 1.54) is 0 Å². The Kier molecular flexibility index (Phi) is 5.67. The number of aromatic nitrogens is 3. The van der Waals surface area contributed by atoms with Gasteiger partial charge in [-0.15, -0.1) is 5.10 Å². The summed E-state index contributed by atoms with van der Waals surface area (Å²) in [5, 5.41) is 11.0. The second-order valence-corrected chi connectivity index (χ2v) is 4.42. The SMILES string of the molecule is COCC(C)NCCSc1n[nH]c(C)n1. The summed E-state index contributed by atoms with van der Waals surface area (Å²) in [5.41, 5.74) is 0. The number of hydrogen-bond acceptors (Lipinski definition) is 5. The first kappa shape index (κ1) is 12.5. The number of aromatic amines is 1. The van der Waals surface area contributed by atoms with Crippen LogP contribution in [0.1, 0.15) is 12.7 Å². The number of aryl methyl sites for hydroxylation is 1. The van der Waals surface area contributed by atoms with Gasteiger partial charge >= 0.3 is 0 Å². The maximum atomic E-state index is 5.02. The number of nitrogens with zero attached hydrogens (tertiary/aromatic N) is 2. The molecule has 1 unspecified atom stereocenters. The van der Waals surface area contributed by atoms with Crippen molar-refractivity contribution in [2.45, 2.75) is 25.0 Å². The lowest BCUT2D eigenvalue weighted by Gasteiger charge is -2.11. The number of rotatable bonds is 7. The Morgan fingerprint density at radius 3 is 3.00 bits per heavy atom. The average Bonchev–Trinajstić information content (AvgIpc) is 2.60. The molecule has 0 saturated heterocycles. The first-order chi connectivity index (χ1) is 7.22. The number of nitrogens with one attached hydrogen (secondary N) is 2. The zero-order valence-electron chi connectivity index (χ0n) is 9.41. The molecular formula is C9H18N4OS. The summed E-state index contributed by atoms with van der Waals surface area (Å²) in [6, 6.07) is 0.393. The number of hydrogen-bond donors (Lipinski definition) is 2. The highest BCUT2D eigenvalue weighted by atomic mass is 32.2. The summed E-state index contributed by atoms with van der Waals surface area (Å²) >= 11 is 1.64. The molecule has 1 aromatic rings. The number of methoxy groups -OCH3 is 1. The van der Waals surface area contributed by atoms with Crippen molar-refractivity contribution in [3.8, 4) is 0 Å². The van der Waals surface area contributed by atoms with Crippen LogP contribution in [0.2, 0.25) is 0 Å². The molecule has 0 spiro atoms. The normalized spacial score (nSPS) is 13.0. The molecule has 0 aliphatic rings. The summed E-state index contributed by atoms with van der Waals surface area (Å²) < 4.78 is 5.02. The largest absolute Gasteiger partial charge is 0.383 e. The summed E-state index contributed by atoms with van der Waals surface area (Å²) in [7, 11) is 1.71. The van der Waals surface area contributed by atoms with E-state index in [9.17, 15) is 0 Å². The molecule has 0 radical (unpaired) electrons. The maximum Gasteiger partial charge on any atom is 0.208 e. The summed E-state index contributed by atoms with van der Waals surface area (Å²) in [5.74, 6) is 1.82. The minimum atomic E-state index is 0.393. The van der Waals surface area contributed by atoms with E-state index in [1.807, 2.05) is 6.92 Å². The molecule has 15 heavy (non-hydrogen) atoms. The highest BCUT2D eigenvalue weighted by molar-refractivity contribution is 7.99. The highest BCUT2D eigenvalue weighted by Gasteiger charge is 2.02. The third kappa shape index (κ3) is 5.15. The molecule has 0 fully saturated rings. The maximum absolute atomic E-state index is 5.02. The second-order valence-electron chi connectivity index (χ2n) is 3.36. The van der Waals surface area contributed by atoms with Crippen molar-refractivity contribution in [3.63, 3.8) is 0 Å². The minimum absolute atomic E-state index is 0.393. The lowest BCUT2D eigenvalue weighted by atomic mass is 10.4. The van der Waals surface area contributed by atoms with Crippen LogP contribution in [-0.2, 0) is 4.74 Å². The number of H-pyrrole nitrogens is 1. The van der Waals surface area contributed by atoms with Crippen molar-refractivity contribution in [1.29, 1.82) is 0 Å². The molecule has 0 saturated carbocycles. The van der Waals surface area contributed by atoms with E-state index in [4.69, 9.17) is 4.74 Å². The molecule has 0 aliphatic heterocycles. The van der Waals surface area contributed by atoms with Gasteiger partial charge in [-0.25, -0.2) is 4.98 Å². The third-order valence-electron chi connectivity index (χ3n) is 1.82. The average molecular weight is 230 g/mol. The van der Waals surface area contributed by atoms with Crippen LogP contribution in [0.4, 0.5) is 0 Å². The van der Waals surface area contributed by atoms with Gasteiger partial charge in [0.05, 0.1) is 6.61 Å². The quantitative estimate of drug-likeness (QED) is 0.536. The number of thioether (sulfide) groups is 1. The summed E-state index contributed by atoms with van der Waals surface area (Å²) in [6.07, 6.45) is 0. The van der Waals surface area contributed by atoms with E-state index in [0.717, 1.165) is 29.9 Å². The van der Waals surface area contributed by atoms with Gasteiger partial charge in [-0.3, -0.25) is 5.10 Å². The summed E-state index contributed by atoms with van der Waals surface area (Å²) in [4.78, 5) is 4.21. The molecule has 1 atom stereocenters. The van der Waals surface area contributed by atoms with Crippen molar-refractivity contribution in [2.24, 2.45) is 0 Å². The Morgan fingerprint density at radius 2 is 2.40 bits per heavy atom. The van der Waals surface area contributed by atoms with Gasteiger partial charge in [-0.1, -0.05) is 11.8 Å². The van der Waals surface area contributed by atoms with Gasteiger partial charge in [0.15, 0.2) is 0 Å². The highest BCUT2D eigenvalue weighted by Crippen LogP contribution is 2.10. The Morgan fingerprint density at radius 1 is 1.60 bits per heavy atom. The first-order valence-corrected chi connectivity index (χ1v) is 5.95. The second kappa shape index (κ2) is 6.81. The van der Waals surface area contributed by atoms with Crippen molar-refractivity contribution >= 4 is 11.8 Å². The molecule has 0 aliphatic carbocycles. The molecule has 2 N–H and O–H groups in total. The van der Waals surface area contributed by atoms with Crippen LogP contribution in [-0.4, -0.2) is 47.2 Å². The van der Waals surface area contributed by atoms with E-state index in [1.54, 1.807) is 18.9 Å². The van der Waals surface area contributed by atoms with Crippen LogP contribution in [0.5, 0.6) is 0 Å². The lowest BCUT2D eigenvalue weighted by molar-refractivity contribution is 0.173. The molecule has 1 heterocycles. The van der Waals surface area contributed by atoms with Gasteiger partial charge in [0.1, 0.15) is 5.82 Å². The van der Waals surface area contributed by atoms with Crippen LogP contribution < -0.4 is 5.32 Å². The van der Waals surface area contributed by atoms with Crippen LogP contribution in [0, 0.1) is 6.92 Å². The van der Waals surface area contributed by atoms with Crippen molar-refractivity contribution in [1.82, 2.24) is 20.5 Å². The molecular weight excluding hydrogens is 212 g/mol. The van der Waals surface area contributed by atoms with E-state index >= 15 is 0 Å². The van der Waals surface area contributed by atoms with E-state index in [-0.39, 0.29) is 0 Å². The zero-order valence-corrected chi connectivity index (χ0v) is 10.2. The zero-order chi connectivity index (χ0) is 11.1. The van der Waals surface area contributed by atoms with Gasteiger partial charge in [0.25, 0.3) is 0 Å². The molecule has 5 nitrogen and oxygen atoms in total. The van der Waals surface area contributed by atoms with Crippen LogP contribution in [0.25, 0.3) is 0 Å². The fraction of sp³-hybridized carbons (Fsp3) is 0.778. The molecule has 6 heteroatoms. The van der Waals surface area contributed by atoms with Crippen molar-refractivity contribution < 1.29 is 4.74 Å². The monoisotopic (exact) mass is 230 g/mol. The van der Waals surface area contributed by atoms with E-state index in [0.29, 0.717) is 6.04 Å². The smallest absolute Gasteiger partial charge is 0.208 e. The molecule has 1 aromatic heterocycles. The molecule has 0 bridgehead atoms. The van der Waals surface area contributed by atoms with Crippen LogP contribution >= 0.6 is 11.8 Å². The van der Waals surface area contributed by atoms with E-state index < -0.39 is 0 Å². The summed E-state index contributed by atoms with van der Waals surface area (Å²) in [6.45, 7) is 5.67. The van der Waals surface area contributed by atoms with Gasteiger partial charge in [-0.2, -0.15) is 0 Å². The Balaban J connectivity index is 2.06. The predicted molar refractivity (Wildman–Crippen MR) is 61.2 cm³/mol. The third-order valence-corrected chi connectivity index (χ3v) is 2.67. The van der Waals surface area contributed by atoms with Crippen molar-refractivity contribution in [2.75, 3.05) is 26.0 Å². The van der Waals surface area contributed by atoms with Gasteiger partial charge in [0.2, 0.25) is 5.16 Å². The van der Waals surface area contributed by atoms with E-state index in [2.05, 4.69) is 27.4 Å². The molecule has 0 amide bonds. The molecule has 0 aromatic carbocycles. The fourth-order valence-corrected chi connectivity index (χ4v) is 1.86. The molecule has 86 valence electrons. The van der Waals surface area contributed by atoms with Crippen LogP contribution in [0.15, 0.2) is 5.16 Å².